The Bertz CT molecular complexity index is 797. The molecule has 0 atom stereocenters. The highest BCUT2D eigenvalue weighted by molar-refractivity contribution is 9.10. The number of anilines is 1. The highest BCUT2D eigenvalue weighted by Gasteiger charge is 2.15. The Morgan fingerprint density at radius 3 is 2.48 bits per heavy atom. The van der Waals surface area contributed by atoms with E-state index in [1.54, 1.807) is 0 Å². The average Bonchev–Trinajstić information content (AvgIpc) is 2.57. The van der Waals surface area contributed by atoms with E-state index in [1.165, 1.54) is 11.1 Å². The molecule has 0 unspecified atom stereocenters. The molecule has 0 radical (unpaired) electrons. The molecule has 4 nitrogen and oxygen atoms in total. The summed E-state index contributed by atoms with van der Waals surface area (Å²) >= 11 is 3.58. The third kappa shape index (κ3) is 6.58. The fourth-order valence-corrected chi connectivity index (χ4v) is 3.15. The van der Waals surface area contributed by atoms with E-state index >= 15 is 0 Å². The molecule has 0 aliphatic rings. The van der Waals surface area contributed by atoms with Crippen LogP contribution in [-0.2, 0) is 5.41 Å². The molecule has 2 rings (SSSR count). The van der Waals surface area contributed by atoms with E-state index < -0.39 is 0 Å². The summed E-state index contributed by atoms with van der Waals surface area (Å²) in [6, 6.07) is 11.9. The molecule has 0 saturated carbocycles. The van der Waals surface area contributed by atoms with Crippen molar-refractivity contribution in [2.75, 3.05) is 18.5 Å². The molecule has 0 spiro atoms. The van der Waals surface area contributed by atoms with Gasteiger partial charge in [-0.05, 0) is 70.9 Å². The molecular formula is C22H29BrN2O2. The maximum absolute atomic E-state index is 12.0. The lowest BCUT2D eigenvalue weighted by atomic mass is 9.87. The van der Waals surface area contributed by atoms with Crippen LogP contribution in [0.2, 0.25) is 0 Å². The largest absolute Gasteiger partial charge is 0.492 e. The van der Waals surface area contributed by atoms with Gasteiger partial charge in [-0.15, -0.1) is 0 Å². The number of nitrogens with one attached hydrogen (secondary N) is 2. The van der Waals surface area contributed by atoms with Crippen molar-refractivity contribution in [2.45, 2.75) is 46.5 Å². The van der Waals surface area contributed by atoms with Crippen molar-refractivity contribution in [1.82, 2.24) is 5.32 Å². The molecule has 0 aliphatic heterocycles. The number of carbonyl (C=O) groups excluding carboxylic acids is 1. The van der Waals surface area contributed by atoms with Crippen molar-refractivity contribution in [3.05, 3.63) is 57.6 Å². The van der Waals surface area contributed by atoms with Crippen molar-refractivity contribution < 1.29 is 9.53 Å². The summed E-state index contributed by atoms with van der Waals surface area (Å²) < 4.78 is 6.77. The molecule has 27 heavy (non-hydrogen) atoms. The van der Waals surface area contributed by atoms with E-state index in [1.807, 2.05) is 38.1 Å². The zero-order valence-electron chi connectivity index (χ0n) is 16.8. The van der Waals surface area contributed by atoms with Gasteiger partial charge in [0.25, 0.3) is 0 Å². The summed E-state index contributed by atoms with van der Waals surface area (Å²) in [5.41, 5.74) is 4.42. The summed E-state index contributed by atoms with van der Waals surface area (Å²) in [5.74, 6) is 0.822. The van der Waals surface area contributed by atoms with Crippen LogP contribution < -0.4 is 15.4 Å². The average molecular weight is 433 g/mol. The van der Waals surface area contributed by atoms with Gasteiger partial charge in [-0.25, -0.2) is 4.79 Å². The lowest BCUT2D eigenvalue weighted by molar-refractivity contribution is 0.250. The van der Waals surface area contributed by atoms with Crippen LogP contribution in [0.25, 0.3) is 0 Å². The fraction of sp³-hybridized carbons (Fsp3) is 0.409. The van der Waals surface area contributed by atoms with Gasteiger partial charge in [0, 0.05) is 12.2 Å². The summed E-state index contributed by atoms with van der Waals surface area (Å²) in [6.07, 6.45) is 0.730. The Kier molecular flexibility index (Phi) is 7.31. The molecule has 0 saturated heterocycles. The van der Waals surface area contributed by atoms with E-state index in [0.717, 1.165) is 27.9 Å². The second-order valence-corrected chi connectivity index (χ2v) is 8.65. The maximum Gasteiger partial charge on any atom is 0.319 e. The van der Waals surface area contributed by atoms with Gasteiger partial charge >= 0.3 is 6.03 Å². The number of benzene rings is 2. The van der Waals surface area contributed by atoms with Crippen LogP contribution >= 0.6 is 15.9 Å². The molecule has 0 heterocycles. The number of aryl methyl sites for hydroxylation is 2. The standard InChI is InChI=1S/C22H29BrN2O2/c1-15-7-9-19(16(2)13-15)25-21(26)24-11-6-12-27-20-10-8-17(14-18(20)23)22(3,4)5/h7-10,13-14H,6,11-12H2,1-5H3,(H2,24,25,26). The third-order valence-corrected chi connectivity index (χ3v) is 4.91. The van der Waals surface area contributed by atoms with Crippen LogP contribution in [0, 0.1) is 13.8 Å². The fourth-order valence-electron chi connectivity index (χ4n) is 2.66. The quantitative estimate of drug-likeness (QED) is 0.553. The molecule has 2 aromatic carbocycles. The molecule has 2 amide bonds. The van der Waals surface area contributed by atoms with Gasteiger partial charge in [-0.1, -0.05) is 44.5 Å². The number of halogens is 1. The molecule has 0 fully saturated rings. The number of amides is 2. The Hall–Kier alpha value is -2.01. The Balaban J connectivity index is 1.73. The first kappa shape index (κ1) is 21.3. The van der Waals surface area contributed by atoms with E-state index in [0.29, 0.717) is 13.2 Å². The van der Waals surface area contributed by atoms with Crippen LogP contribution in [0.15, 0.2) is 40.9 Å². The Morgan fingerprint density at radius 2 is 1.85 bits per heavy atom. The summed E-state index contributed by atoms with van der Waals surface area (Å²) in [6.45, 7) is 11.7. The minimum atomic E-state index is -0.197. The lowest BCUT2D eigenvalue weighted by Crippen LogP contribution is -2.30. The number of carbonyl (C=O) groups is 1. The first-order valence-electron chi connectivity index (χ1n) is 9.22. The normalized spacial score (nSPS) is 11.2. The van der Waals surface area contributed by atoms with Crippen molar-refractivity contribution in [3.63, 3.8) is 0 Å². The number of urea groups is 1. The number of rotatable bonds is 6. The van der Waals surface area contributed by atoms with E-state index in [4.69, 9.17) is 4.74 Å². The van der Waals surface area contributed by atoms with Gasteiger partial charge in [0.1, 0.15) is 5.75 Å². The monoisotopic (exact) mass is 432 g/mol. The molecule has 0 bridgehead atoms. The summed E-state index contributed by atoms with van der Waals surface area (Å²) in [4.78, 5) is 12.0. The predicted molar refractivity (Wildman–Crippen MR) is 116 cm³/mol. The van der Waals surface area contributed by atoms with E-state index in [-0.39, 0.29) is 11.4 Å². The molecule has 2 aromatic rings. The van der Waals surface area contributed by atoms with Gasteiger partial charge in [0.2, 0.25) is 0 Å². The maximum atomic E-state index is 12.0. The zero-order valence-corrected chi connectivity index (χ0v) is 18.4. The van der Waals surface area contributed by atoms with Crippen molar-refractivity contribution in [1.29, 1.82) is 0 Å². The Morgan fingerprint density at radius 1 is 1.11 bits per heavy atom. The van der Waals surface area contributed by atoms with Crippen LogP contribution in [0.4, 0.5) is 10.5 Å². The molecule has 5 heteroatoms. The van der Waals surface area contributed by atoms with Crippen LogP contribution in [0.1, 0.15) is 43.9 Å². The van der Waals surface area contributed by atoms with Crippen LogP contribution in [-0.4, -0.2) is 19.2 Å². The van der Waals surface area contributed by atoms with Crippen molar-refractivity contribution >= 4 is 27.6 Å². The van der Waals surface area contributed by atoms with E-state index in [9.17, 15) is 4.79 Å². The van der Waals surface area contributed by atoms with Crippen molar-refractivity contribution in [2.24, 2.45) is 0 Å². The van der Waals surface area contributed by atoms with Crippen LogP contribution in [0.5, 0.6) is 5.75 Å². The van der Waals surface area contributed by atoms with Crippen molar-refractivity contribution in [3.8, 4) is 5.75 Å². The summed E-state index contributed by atoms with van der Waals surface area (Å²) in [5, 5.41) is 5.74. The number of hydrogen-bond donors (Lipinski definition) is 2. The minimum Gasteiger partial charge on any atom is -0.492 e. The summed E-state index contributed by atoms with van der Waals surface area (Å²) in [7, 11) is 0. The number of ether oxygens (including phenoxy) is 1. The molecule has 2 N–H and O–H groups in total. The van der Waals surface area contributed by atoms with Gasteiger partial charge in [0.15, 0.2) is 0 Å². The topological polar surface area (TPSA) is 50.4 Å². The third-order valence-electron chi connectivity index (χ3n) is 4.29. The smallest absolute Gasteiger partial charge is 0.319 e. The Labute approximate surface area is 170 Å². The second-order valence-electron chi connectivity index (χ2n) is 7.80. The molecule has 0 aliphatic carbocycles. The van der Waals surface area contributed by atoms with Gasteiger partial charge in [-0.2, -0.15) is 0 Å². The van der Waals surface area contributed by atoms with Gasteiger partial charge in [-0.3, -0.25) is 0 Å². The highest BCUT2D eigenvalue weighted by atomic mass is 79.9. The lowest BCUT2D eigenvalue weighted by Gasteiger charge is -2.20. The highest BCUT2D eigenvalue weighted by Crippen LogP contribution is 2.31. The SMILES string of the molecule is Cc1ccc(NC(=O)NCCCOc2ccc(C(C)(C)C)cc2Br)c(C)c1. The molecule has 146 valence electrons. The minimum absolute atomic E-state index is 0.105. The predicted octanol–water partition coefficient (Wildman–Crippen LogP) is 5.95. The zero-order chi connectivity index (χ0) is 20.0. The first-order chi connectivity index (χ1) is 12.7. The number of hydrogen-bond acceptors (Lipinski definition) is 2. The van der Waals surface area contributed by atoms with Gasteiger partial charge < -0.3 is 15.4 Å². The van der Waals surface area contributed by atoms with E-state index in [2.05, 4.69) is 59.5 Å². The molecular weight excluding hydrogens is 404 g/mol. The first-order valence-corrected chi connectivity index (χ1v) is 10.0. The second kappa shape index (κ2) is 9.27. The van der Waals surface area contributed by atoms with Gasteiger partial charge in [0.05, 0.1) is 11.1 Å². The van der Waals surface area contributed by atoms with Crippen LogP contribution in [0.3, 0.4) is 0 Å². The molecule has 0 aromatic heterocycles.